The summed E-state index contributed by atoms with van der Waals surface area (Å²) in [5, 5.41) is 0. The molecule has 0 bridgehead atoms. The lowest BCUT2D eigenvalue weighted by Gasteiger charge is -2.30. The molecule has 0 aromatic rings. The summed E-state index contributed by atoms with van der Waals surface area (Å²) in [4.78, 5) is 11.0. The number of hydrogen-bond acceptors (Lipinski definition) is 5. The lowest BCUT2D eigenvalue weighted by molar-refractivity contribution is -0.139. The van der Waals surface area contributed by atoms with E-state index in [4.69, 9.17) is 0 Å². The van der Waals surface area contributed by atoms with E-state index in [-0.39, 0.29) is 5.57 Å². The summed E-state index contributed by atoms with van der Waals surface area (Å²) in [5.74, 6) is -1.02. The third-order valence-electron chi connectivity index (χ3n) is 2.02. The molecule has 25 heavy (non-hydrogen) atoms. The molecule has 0 saturated carbocycles. The Morgan fingerprint density at radius 2 is 1.20 bits per heavy atom. The quantitative estimate of drug-likeness (QED) is 0.118. The maximum absolute atomic E-state index is 12.4. The van der Waals surface area contributed by atoms with E-state index in [0.29, 0.717) is 0 Å². The highest BCUT2D eigenvalue weighted by molar-refractivity contribution is 6.81. The number of hydrogen-bond donors (Lipinski definition) is 0. The first kappa shape index (κ1) is 24.3. The second kappa shape index (κ2) is 8.81. The van der Waals surface area contributed by atoms with Crippen molar-refractivity contribution in [3.63, 3.8) is 0 Å². The van der Waals surface area contributed by atoms with Crippen LogP contribution in [0, 0.1) is 0 Å². The van der Waals surface area contributed by atoms with E-state index in [2.05, 4.69) is 23.7 Å². The first-order valence-electron chi connectivity index (χ1n) is 6.08. The number of carbonyl (C=O) groups is 1. The molecule has 18 heteroatoms. The normalized spacial score (nSPS) is 13.7. The predicted molar refractivity (Wildman–Crippen MR) is 71.4 cm³/mol. The first-order chi connectivity index (χ1) is 10.9. The van der Waals surface area contributed by atoms with E-state index in [1.165, 1.54) is 6.92 Å². The molecule has 0 amide bonds. The monoisotopic (exact) mass is 458 g/mol. The van der Waals surface area contributed by atoms with Gasteiger partial charge in [-0.25, -0.2) is 41.8 Å². The van der Waals surface area contributed by atoms with Gasteiger partial charge < -0.3 is 17.1 Å². The minimum atomic E-state index is -7.36. The fourth-order valence-corrected chi connectivity index (χ4v) is 8.98. The van der Waals surface area contributed by atoms with Crippen molar-refractivity contribution in [2.75, 3.05) is 6.61 Å². The molecule has 0 fully saturated rings. The van der Waals surface area contributed by atoms with Gasteiger partial charge in [-0.05, 0) is 13.3 Å². The molecule has 0 unspecified atom stereocenters. The van der Waals surface area contributed by atoms with Gasteiger partial charge in [0.15, 0.2) is 0 Å². The molecule has 0 aliphatic rings. The Balaban J connectivity index is 5.30. The Kier molecular flexibility index (Phi) is 8.58. The smallest absolute Gasteiger partial charge is 0.462 e. The third kappa shape index (κ3) is 12.3. The van der Waals surface area contributed by atoms with Crippen LogP contribution in [0.1, 0.15) is 13.3 Å². The van der Waals surface area contributed by atoms with Crippen LogP contribution in [-0.2, 0) is 21.9 Å². The van der Waals surface area contributed by atoms with Crippen molar-refractivity contribution in [3.8, 4) is 0 Å². The molecule has 0 rings (SSSR count). The topological polar surface area (TPSA) is 54.0 Å². The lowest BCUT2D eigenvalue weighted by atomic mass is 10.4. The molecule has 0 spiro atoms. The van der Waals surface area contributed by atoms with Crippen LogP contribution in [0.5, 0.6) is 0 Å². The van der Waals surface area contributed by atoms with Crippen molar-refractivity contribution in [1.82, 2.24) is 0 Å². The summed E-state index contributed by atoms with van der Waals surface area (Å²) in [6.45, 7) is 3.59. The third-order valence-corrected chi connectivity index (χ3v) is 9.50. The van der Waals surface area contributed by atoms with E-state index in [1.54, 1.807) is 0 Å². The van der Waals surface area contributed by atoms with Crippen molar-refractivity contribution in [2.45, 2.75) is 19.4 Å². The zero-order valence-electron chi connectivity index (χ0n) is 12.3. The highest BCUT2D eigenvalue weighted by Gasteiger charge is 2.66. The molecule has 0 saturated heterocycles. The van der Waals surface area contributed by atoms with Gasteiger partial charge >= 0.3 is 42.7 Å². The molecular formula is C7H11F9O5Si4. The van der Waals surface area contributed by atoms with Crippen LogP contribution < -0.4 is 0 Å². The van der Waals surface area contributed by atoms with Crippen LogP contribution in [0.15, 0.2) is 12.2 Å². The summed E-state index contributed by atoms with van der Waals surface area (Å²) in [6.07, 6.45) is -0.829. The van der Waals surface area contributed by atoms with E-state index < -0.39 is 61.8 Å². The minimum Gasteiger partial charge on any atom is -0.462 e. The van der Waals surface area contributed by atoms with Gasteiger partial charge in [-0.2, -0.15) is 0 Å². The van der Waals surface area contributed by atoms with E-state index in [9.17, 15) is 41.8 Å². The fraction of sp³-hybridized carbons (Fsp3) is 0.571. The Morgan fingerprint density at radius 3 is 1.48 bits per heavy atom. The molecule has 5 nitrogen and oxygen atoms in total. The highest BCUT2D eigenvalue weighted by Crippen LogP contribution is 2.33. The molecule has 0 radical (unpaired) electrons. The summed E-state index contributed by atoms with van der Waals surface area (Å²) in [5.41, 5.74) is -0.125. The van der Waals surface area contributed by atoms with Gasteiger partial charge in [0.1, 0.15) is 0 Å². The van der Waals surface area contributed by atoms with Gasteiger partial charge in [0, 0.05) is 11.6 Å². The Hall–Kier alpha value is -0.672. The van der Waals surface area contributed by atoms with Gasteiger partial charge in [-0.1, -0.05) is 6.58 Å². The van der Waals surface area contributed by atoms with Crippen LogP contribution in [0.25, 0.3) is 0 Å². The molecule has 0 heterocycles. The highest BCUT2D eigenvalue weighted by atomic mass is 28.6. The second-order valence-corrected chi connectivity index (χ2v) is 11.3. The fourth-order valence-electron chi connectivity index (χ4n) is 1.32. The maximum Gasteiger partial charge on any atom is 0.795 e. The van der Waals surface area contributed by atoms with Gasteiger partial charge in [0.25, 0.3) is 0 Å². The summed E-state index contributed by atoms with van der Waals surface area (Å²) in [7, 11) is -28.3. The predicted octanol–water partition coefficient (Wildman–Crippen LogP) is 3.52. The van der Waals surface area contributed by atoms with Crippen molar-refractivity contribution in [3.05, 3.63) is 12.2 Å². The lowest BCUT2D eigenvalue weighted by Crippen LogP contribution is -2.58. The minimum absolute atomic E-state index is 0.125. The number of halogens is 9. The van der Waals surface area contributed by atoms with Gasteiger partial charge in [-0.3, -0.25) is 0 Å². The Bertz CT molecular complexity index is 436. The number of ether oxygens (including phenoxy) is 1. The molecule has 0 aliphatic heterocycles. The van der Waals surface area contributed by atoms with Crippen molar-refractivity contribution < 1.29 is 58.8 Å². The molecule has 0 aromatic carbocycles. The second-order valence-electron chi connectivity index (χ2n) is 4.35. The average Bonchev–Trinajstić information content (AvgIpc) is 2.27. The van der Waals surface area contributed by atoms with Crippen molar-refractivity contribution in [2.24, 2.45) is 0 Å². The van der Waals surface area contributed by atoms with Crippen LogP contribution in [-0.4, -0.2) is 49.3 Å². The Labute approximate surface area is 140 Å². The molecule has 0 aromatic heterocycles. The van der Waals surface area contributed by atoms with Crippen LogP contribution in [0.4, 0.5) is 37.0 Å². The average molecular weight is 458 g/mol. The Morgan fingerprint density at radius 1 is 0.840 bits per heavy atom. The maximum atomic E-state index is 12.4. The largest absolute Gasteiger partial charge is 0.795 e. The molecule has 0 atom stereocenters. The number of esters is 1. The van der Waals surface area contributed by atoms with E-state index in [1.807, 2.05) is 0 Å². The zero-order chi connectivity index (χ0) is 20.1. The number of carbonyl (C=O) groups excluding carboxylic acids is 1. The molecule has 148 valence electrons. The molecule has 0 aliphatic carbocycles. The summed E-state index contributed by atoms with van der Waals surface area (Å²) >= 11 is 0. The van der Waals surface area contributed by atoms with Crippen LogP contribution in [0.2, 0.25) is 6.04 Å². The summed E-state index contributed by atoms with van der Waals surface area (Å²) in [6, 6.07) is -1.48. The van der Waals surface area contributed by atoms with Crippen LogP contribution in [0.3, 0.4) is 0 Å². The molecule has 0 N–H and O–H groups in total. The first-order valence-corrected chi connectivity index (χ1v) is 12.6. The SMILES string of the molecule is C=C(C)C(=O)OCCC[Si](O[Si](F)(F)F)(O[Si](F)(F)F)O[Si](F)(F)F. The van der Waals surface area contributed by atoms with Crippen LogP contribution >= 0.6 is 0 Å². The van der Waals surface area contributed by atoms with Crippen molar-refractivity contribution >= 4 is 42.7 Å². The molecular weight excluding hydrogens is 447 g/mol. The van der Waals surface area contributed by atoms with Gasteiger partial charge in [-0.15, -0.1) is 0 Å². The van der Waals surface area contributed by atoms with Crippen molar-refractivity contribution in [1.29, 1.82) is 0 Å². The standard InChI is InChI=1S/C7H11F9O5Si4/c1-6(2)7(17)18-4-3-5-22(19-23(8,9)10,20-24(11,12)13)21-25(14,15)16/h1,3-5H2,2H3. The summed E-state index contributed by atoms with van der Waals surface area (Å²) < 4.78 is 126. The number of rotatable bonds is 11. The van der Waals surface area contributed by atoms with E-state index >= 15 is 0 Å². The zero-order valence-corrected chi connectivity index (χ0v) is 16.3. The van der Waals surface area contributed by atoms with Gasteiger partial charge in [0.2, 0.25) is 0 Å². The van der Waals surface area contributed by atoms with E-state index in [0.717, 1.165) is 0 Å². The van der Waals surface area contributed by atoms with Gasteiger partial charge in [0.05, 0.1) is 6.61 Å².